The molecule has 0 bridgehead atoms. The number of benzene rings is 2. The summed E-state index contributed by atoms with van der Waals surface area (Å²) in [6.45, 7) is 1.56. The van der Waals surface area contributed by atoms with E-state index in [4.69, 9.17) is 11.6 Å². The van der Waals surface area contributed by atoms with Gasteiger partial charge in [0.15, 0.2) is 4.90 Å². The number of halogens is 1. The van der Waals surface area contributed by atoms with E-state index in [1.807, 2.05) is 58.9 Å². The molecule has 0 spiro atoms. The Morgan fingerprint density at radius 3 is 2.90 bits per heavy atom. The molecular weight excluding hydrogens is 406 g/mol. The maximum Gasteiger partial charge on any atom is 0.224 e. The third kappa shape index (κ3) is 4.56. The van der Waals surface area contributed by atoms with Gasteiger partial charge in [-0.3, -0.25) is 9.78 Å². The number of hydrogen-bond acceptors (Lipinski definition) is 4. The van der Waals surface area contributed by atoms with Crippen molar-refractivity contribution in [2.45, 2.75) is 24.3 Å². The lowest BCUT2D eigenvalue weighted by Crippen LogP contribution is -2.45. The van der Waals surface area contributed by atoms with Gasteiger partial charge in [0.05, 0.1) is 23.8 Å². The van der Waals surface area contributed by atoms with E-state index in [0.717, 1.165) is 29.3 Å². The van der Waals surface area contributed by atoms with Crippen molar-refractivity contribution in [3.8, 4) is 0 Å². The van der Waals surface area contributed by atoms with Crippen LogP contribution in [-0.4, -0.2) is 32.8 Å². The lowest BCUT2D eigenvalue weighted by molar-refractivity contribution is -0.126. The van der Waals surface area contributed by atoms with Crippen LogP contribution >= 0.6 is 11.6 Å². The average molecular weight is 428 g/mol. The van der Waals surface area contributed by atoms with Gasteiger partial charge in [-0.05, 0) is 36.6 Å². The van der Waals surface area contributed by atoms with Crippen LogP contribution in [0, 0.1) is 5.92 Å². The van der Waals surface area contributed by atoms with Crippen LogP contribution in [0.5, 0.6) is 0 Å². The molecule has 1 fully saturated rings. The molecule has 2 atom stereocenters. The van der Waals surface area contributed by atoms with Gasteiger partial charge >= 0.3 is 0 Å². The standard InChI is InChI=1S/C22H22ClN3O2S/c23-19-10-2-1-6-17(19)14-25-22(27)18-9-5-13-26(15-18)29(28)20-11-3-7-16-8-4-12-24-21(16)20/h1-4,6-8,10-12,18H,5,9,13-15H2,(H,25,27). The van der Waals surface area contributed by atoms with Crippen molar-refractivity contribution in [1.29, 1.82) is 0 Å². The number of nitrogens with zero attached hydrogens (tertiary/aromatic N) is 2. The molecule has 1 saturated heterocycles. The highest BCUT2D eigenvalue weighted by Crippen LogP contribution is 2.28. The van der Waals surface area contributed by atoms with Crippen molar-refractivity contribution in [1.82, 2.24) is 14.6 Å². The monoisotopic (exact) mass is 427 g/mol. The van der Waals surface area contributed by atoms with E-state index < -0.39 is 11.4 Å². The van der Waals surface area contributed by atoms with Crippen LogP contribution in [0.25, 0.3) is 10.9 Å². The van der Waals surface area contributed by atoms with Gasteiger partial charge in [-0.25, -0.2) is 0 Å². The first-order chi connectivity index (χ1) is 14.1. The quantitative estimate of drug-likeness (QED) is 0.626. The fourth-order valence-electron chi connectivity index (χ4n) is 3.63. The second-order valence-electron chi connectivity index (χ2n) is 7.12. The molecule has 1 amide bonds. The van der Waals surface area contributed by atoms with E-state index in [1.54, 1.807) is 6.20 Å². The number of nitrogens with one attached hydrogen (secondary N) is 1. The number of hydrogen-bond donors (Lipinski definition) is 1. The maximum atomic E-state index is 13.3. The van der Waals surface area contributed by atoms with Crippen molar-refractivity contribution < 1.29 is 9.35 Å². The number of piperidine rings is 1. The van der Waals surface area contributed by atoms with Crippen LogP contribution < -0.4 is 5.32 Å². The van der Waals surface area contributed by atoms with E-state index in [1.165, 1.54) is 0 Å². The van der Waals surface area contributed by atoms with Crippen molar-refractivity contribution in [3.05, 3.63) is 71.4 Å². The molecule has 1 aliphatic heterocycles. The summed E-state index contributed by atoms with van der Waals surface area (Å²) in [7, 11) is 0. The Bertz CT molecular complexity index is 1010. The van der Waals surface area contributed by atoms with E-state index in [-0.39, 0.29) is 11.8 Å². The molecule has 0 aliphatic carbocycles. The number of rotatable bonds is 5. The second-order valence-corrected chi connectivity index (χ2v) is 8.98. The summed E-state index contributed by atoms with van der Waals surface area (Å²) < 4.78 is 15.1. The van der Waals surface area contributed by atoms with Gasteiger partial charge in [0, 0.05) is 29.7 Å². The molecular formula is C22H22ClN3O2S. The molecule has 0 radical (unpaired) electrons. The lowest BCUT2D eigenvalue weighted by atomic mass is 9.99. The Morgan fingerprint density at radius 1 is 1.21 bits per heavy atom. The second kappa shape index (κ2) is 9.13. The van der Waals surface area contributed by atoms with Gasteiger partial charge in [0.1, 0.15) is 5.52 Å². The topological polar surface area (TPSA) is 68.3 Å². The highest BCUT2D eigenvalue weighted by atomic mass is 35.5. The fraction of sp³-hybridized carbons (Fsp3) is 0.273. The van der Waals surface area contributed by atoms with E-state index >= 15 is 0 Å². The first kappa shape index (κ1) is 20.2. The van der Waals surface area contributed by atoms with Crippen molar-refractivity contribution in [2.75, 3.05) is 13.1 Å². The van der Waals surface area contributed by atoms with Gasteiger partial charge in [-0.2, -0.15) is 0 Å². The van der Waals surface area contributed by atoms with Gasteiger partial charge in [0.25, 0.3) is 0 Å². The average Bonchev–Trinajstić information content (AvgIpc) is 2.77. The SMILES string of the molecule is O=C(NCc1ccccc1Cl)C1CCCN([S+]([O-])c2cccc3cccnc23)C1. The molecule has 150 valence electrons. The number of aromatic nitrogens is 1. The van der Waals surface area contributed by atoms with Crippen LogP contribution in [0.1, 0.15) is 18.4 Å². The molecule has 7 heteroatoms. The number of amides is 1. The van der Waals surface area contributed by atoms with Crippen molar-refractivity contribution >= 4 is 39.8 Å². The highest BCUT2D eigenvalue weighted by Gasteiger charge is 2.33. The molecule has 2 heterocycles. The summed E-state index contributed by atoms with van der Waals surface area (Å²) in [6, 6.07) is 17.0. The first-order valence-electron chi connectivity index (χ1n) is 9.65. The molecule has 1 aliphatic rings. The Kier molecular flexibility index (Phi) is 6.35. The molecule has 1 aromatic heterocycles. The third-order valence-electron chi connectivity index (χ3n) is 5.18. The zero-order chi connectivity index (χ0) is 20.2. The highest BCUT2D eigenvalue weighted by molar-refractivity contribution is 7.89. The zero-order valence-electron chi connectivity index (χ0n) is 15.9. The molecule has 2 aromatic carbocycles. The predicted octanol–water partition coefficient (Wildman–Crippen LogP) is 3.94. The fourth-order valence-corrected chi connectivity index (χ4v) is 5.25. The predicted molar refractivity (Wildman–Crippen MR) is 116 cm³/mol. The molecule has 5 nitrogen and oxygen atoms in total. The number of para-hydroxylation sites is 1. The van der Waals surface area contributed by atoms with Crippen LogP contribution in [0.15, 0.2) is 65.7 Å². The van der Waals surface area contributed by atoms with E-state index in [9.17, 15) is 9.35 Å². The largest absolute Gasteiger partial charge is 0.593 e. The maximum absolute atomic E-state index is 13.3. The number of carbonyl (C=O) groups is 1. The van der Waals surface area contributed by atoms with Crippen LogP contribution in [0.3, 0.4) is 0 Å². The van der Waals surface area contributed by atoms with Crippen molar-refractivity contribution in [3.63, 3.8) is 0 Å². The minimum absolute atomic E-state index is 0.0253. The van der Waals surface area contributed by atoms with Crippen molar-refractivity contribution in [2.24, 2.45) is 5.92 Å². The van der Waals surface area contributed by atoms with Crippen LogP contribution in [0.4, 0.5) is 0 Å². The van der Waals surface area contributed by atoms with Gasteiger partial charge in [-0.15, -0.1) is 4.31 Å². The summed E-state index contributed by atoms with van der Waals surface area (Å²) in [5.41, 5.74) is 1.64. The number of pyridine rings is 1. The minimum atomic E-state index is -1.36. The molecule has 0 saturated carbocycles. The zero-order valence-corrected chi connectivity index (χ0v) is 17.5. The van der Waals surface area contributed by atoms with Gasteiger partial charge in [-0.1, -0.05) is 48.0 Å². The minimum Gasteiger partial charge on any atom is -0.593 e. The first-order valence-corrected chi connectivity index (χ1v) is 11.1. The normalized spacial score (nSPS) is 18.5. The summed E-state index contributed by atoms with van der Waals surface area (Å²) in [6.07, 6.45) is 3.33. The smallest absolute Gasteiger partial charge is 0.224 e. The molecule has 1 N–H and O–H groups in total. The van der Waals surface area contributed by atoms with Crippen LogP contribution in [-0.2, 0) is 22.7 Å². The molecule has 29 heavy (non-hydrogen) atoms. The Morgan fingerprint density at radius 2 is 2.03 bits per heavy atom. The summed E-state index contributed by atoms with van der Waals surface area (Å²) in [5.74, 6) is -0.221. The summed E-state index contributed by atoms with van der Waals surface area (Å²) in [4.78, 5) is 17.8. The van der Waals surface area contributed by atoms with Gasteiger partial charge < -0.3 is 9.87 Å². The number of carbonyl (C=O) groups excluding carboxylic acids is 1. The van der Waals surface area contributed by atoms with Gasteiger partial charge in [0.2, 0.25) is 5.91 Å². The molecule has 4 rings (SSSR count). The van der Waals surface area contributed by atoms with E-state index in [2.05, 4.69) is 10.3 Å². The summed E-state index contributed by atoms with van der Waals surface area (Å²) >= 11 is 4.81. The summed E-state index contributed by atoms with van der Waals surface area (Å²) in [5, 5.41) is 4.58. The number of fused-ring (bicyclic) bond motifs is 1. The molecule has 3 aromatic rings. The van der Waals surface area contributed by atoms with Crippen LogP contribution in [0.2, 0.25) is 5.02 Å². The van der Waals surface area contributed by atoms with E-state index in [0.29, 0.717) is 29.6 Å². The lowest BCUT2D eigenvalue weighted by Gasteiger charge is -2.31. The molecule has 2 unspecified atom stereocenters. The Balaban J connectivity index is 1.43. The Labute approximate surface area is 178 Å². The third-order valence-corrected chi connectivity index (χ3v) is 7.06. The Hall–Kier alpha value is -2.12.